The minimum absolute atomic E-state index is 0.389. The topological polar surface area (TPSA) is 26.3 Å². The summed E-state index contributed by atoms with van der Waals surface area (Å²) >= 11 is 0. The van der Waals surface area contributed by atoms with Gasteiger partial charge in [-0.2, -0.15) is 13.2 Å². The molecule has 0 radical (unpaired) electrons. The molecule has 0 bridgehead atoms. The lowest BCUT2D eigenvalue weighted by atomic mass is 10.0. The van der Waals surface area contributed by atoms with Crippen LogP contribution in [0, 0.1) is 5.82 Å². The highest BCUT2D eigenvalue weighted by Gasteiger charge is 2.36. The highest BCUT2D eigenvalue weighted by Crippen LogP contribution is 2.32. The molecule has 2 nitrogen and oxygen atoms in total. The van der Waals surface area contributed by atoms with Crippen molar-refractivity contribution in [3.63, 3.8) is 0 Å². The summed E-state index contributed by atoms with van der Waals surface area (Å²) in [5, 5.41) is 0. The van der Waals surface area contributed by atoms with Crippen LogP contribution in [0.15, 0.2) is 18.2 Å². The Balaban J connectivity index is 2.81. The van der Waals surface area contributed by atoms with E-state index in [1.54, 1.807) is 0 Å². The van der Waals surface area contributed by atoms with Crippen LogP contribution in [-0.4, -0.2) is 12.1 Å². The zero-order chi connectivity index (χ0) is 19.6. The van der Waals surface area contributed by atoms with Crippen molar-refractivity contribution in [2.75, 3.05) is 0 Å². The van der Waals surface area contributed by atoms with Gasteiger partial charge >= 0.3 is 12.1 Å². The highest BCUT2D eigenvalue weighted by atomic mass is 19.4. The van der Waals surface area contributed by atoms with Gasteiger partial charge in [0.15, 0.2) is 0 Å². The number of unbranched alkanes of at least 4 members (excludes halogenated alkanes) is 5. The van der Waals surface area contributed by atoms with Gasteiger partial charge in [-0.15, -0.1) is 0 Å². The highest BCUT2D eigenvalue weighted by molar-refractivity contribution is 5.90. The van der Waals surface area contributed by atoms with Gasteiger partial charge in [-0.05, 0) is 37.8 Å². The van der Waals surface area contributed by atoms with E-state index in [-0.39, 0.29) is 6.10 Å². The molecule has 0 aromatic heterocycles. The molecule has 0 saturated heterocycles. The van der Waals surface area contributed by atoms with Crippen LogP contribution in [0.25, 0.3) is 0 Å². The van der Waals surface area contributed by atoms with Crippen molar-refractivity contribution < 1.29 is 27.1 Å². The maximum atomic E-state index is 14.1. The van der Waals surface area contributed by atoms with Crippen molar-refractivity contribution in [3.8, 4) is 0 Å². The van der Waals surface area contributed by atoms with Crippen molar-refractivity contribution in [2.24, 2.45) is 0 Å². The number of hydrogen-bond donors (Lipinski definition) is 0. The zero-order valence-electron chi connectivity index (χ0n) is 15.5. The van der Waals surface area contributed by atoms with Crippen LogP contribution in [0.3, 0.4) is 0 Å². The van der Waals surface area contributed by atoms with E-state index in [0.29, 0.717) is 18.9 Å². The molecule has 1 atom stereocenters. The summed E-state index contributed by atoms with van der Waals surface area (Å²) in [4.78, 5) is 12.2. The van der Waals surface area contributed by atoms with E-state index in [1.165, 1.54) is 0 Å². The zero-order valence-corrected chi connectivity index (χ0v) is 15.5. The largest absolute Gasteiger partial charge is 0.459 e. The predicted molar refractivity (Wildman–Crippen MR) is 93.5 cm³/mol. The Hall–Kier alpha value is -1.59. The molecule has 0 aliphatic heterocycles. The number of hydrogen-bond acceptors (Lipinski definition) is 2. The Bertz CT molecular complexity index is 555. The molecule has 148 valence electrons. The molecule has 0 saturated carbocycles. The van der Waals surface area contributed by atoms with Gasteiger partial charge in [0.2, 0.25) is 0 Å². The SMILES string of the molecule is CCCCCCC(CCCCC)OC(=O)c1cccc(C(F)(F)F)c1F. The van der Waals surface area contributed by atoms with E-state index in [0.717, 1.165) is 57.1 Å². The number of rotatable bonds is 11. The Morgan fingerprint density at radius 1 is 1.00 bits per heavy atom. The molecule has 0 aliphatic carbocycles. The van der Waals surface area contributed by atoms with Crippen LogP contribution in [0.5, 0.6) is 0 Å². The minimum Gasteiger partial charge on any atom is -0.459 e. The van der Waals surface area contributed by atoms with Crippen LogP contribution < -0.4 is 0 Å². The van der Waals surface area contributed by atoms with Gasteiger partial charge in [0.25, 0.3) is 0 Å². The van der Waals surface area contributed by atoms with Gasteiger partial charge in [-0.3, -0.25) is 0 Å². The first-order chi connectivity index (χ1) is 12.3. The van der Waals surface area contributed by atoms with Crippen molar-refractivity contribution in [1.29, 1.82) is 0 Å². The van der Waals surface area contributed by atoms with E-state index < -0.39 is 29.1 Å². The van der Waals surface area contributed by atoms with Crippen LogP contribution in [0.1, 0.15) is 87.6 Å². The second-order valence-electron chi connectivity index (χ2n) is 6.54. The summed E-state index contributed by atoms with van der Waals surface area (Å²) in [6, 6.07) is 2.68. The van der Waals surface area contributed by atoms with Crippen molar-refractivity contribution >= 4 is 5.97 Å². The molecule has 1 aromatic carbocycles. The van der Waals surface area contributed by atoms with Gasteiger partial charge in [-0.1, -0.05) is 52.0 Å². The number of halogens is 4. The molecule has 0 heterocycles. The average Bonchev–Trinajstić information content (AvgIpc) is 2.57. The first-order valence-corrected chi connectivity index (χ1v) is 9.37. The van der Waals surface area contributed by atoms with E-state index in [4.69, 9.17) is 4.74 Å². The maximum absolute atomic E-state index is 14.1. The number of carbonyl (C=O) groups excluding carboxylic acids is 1. The van der Waals surface area contributed by atoms with Crippen molar-refractivity contribution in [1.82, 2.24) is 0 Å². The quantitative estimate of drug-likeness (QED) is 0.238. The standard InChI is InChI=1S/C20H28F4O2/c1-3-5-7-9-12-15(11-8-6-4-2)26-19(25)16-13-10-14-17(18(16)21)20(22,23)24/h10,13-15H,3-9,11-12H2,1-2H3. The normalized spacial score (nSPS) is 12.8. The fraction of sp³-hybridized carbons (Fsp3) is 0.650. The molecular formula is C20H28F4O2. The first-order valence-electron chi connectivity index (χ1n) is 9.37. The van der Waals surface area contributed by atoms with E-state index >= 15 is 0 Å². The van der Waals surface area contributed by atoms with Gasteiger partial charge in [0.05, 0.1) is 11.1 Å². The minimum atomic E-state index is -4.85. The molecule has 26 heavy (non-hydrogen) atoms. The fourth-order valence-electron chi connectivity index (χ4n) is 2.81. The number of carbonyl (C=O) groups is 1. The molecule has 0 fully saturated rings. The lowest BCUT2D eigenvalue weighted by Crippen LogP contribution is -2.21. The van der Waals surface area contributed by atoms with E-state index in [2.05, 4.69) is 13.8 Å². The van der Waals surface area contributed by atoms with Gasteiger partial charge in [0, 0.05) is 0 Å². The molecule has 0 N–H and O–H groups in total. The van der Waals surface area contributed by atoms with Crippen LogP contribution in [0.4, 0.5) is 17.6 Å². The van der Waals surface area contributed by atoms with E-state index in [1.807, 2.05) is 0 Å². The predicted octanol–water partition coefficient (Wildman–Crippen LogP) is 6.92. The summed E-state index contributed by atoms with van der Waals surface area (Å²) in [5.74, 6) is -2.59. The third kappa shape index (κ3) is 7.34. The van der Waals surface area contributed by atoms with Crippen LogP contribution in [-0.2, 0) is 10.9 Å². The summed E-state index contributed by atoms with van der Waals surface area (Å²) in [5.41, 5.74) is -2.11. The molecule has 1 unspecified atom stereocenters. The van der Waals surface area contributed by atoms with Crippen molar-refractivity contribution in [2.45, 2.75) is 83.9 Å². The first kappa shape index (κ1) is 22.5. The van der Waals surface area contributed by atoms with Gasteiger partial charge in [-0.25, -0.2) is 9.18 Å². The Labute approximate surface area is 152 Å². The van der Waals surface area contributed by atoms with Crippen LogP contribution >= 0.6 is 0 Å². The van der Waals surface area contributed by atoms with Crippen LogP contribution in [0.2, 0.25) is 0 Å². The summed E-state index contributed by atoms with van der Waals surface area (Å²) in [6.45, 7) is 4.15. The third-order valence-corrected chi connectivity index (χ3v) is 4.31. The number of alkyl halides is 3. The average molecular weight is 376 g/mol. The van der Waals surface area contributed by atoms with Gasteiger partial charge in [0.1, 0.15) is 11.9 Å². The lowest BCUT2D eigenvalue weighted by Gasteiger charge is -2.19. The number of benzene rings is 1. The third-order valence-electron chi connectivity index (χ3n) is 4.31. The molecule has 1 rings (SSSR count). The summed E-state index contributed by atoms with van der Waals surface area (Å²) < 4.78 is 57.9. The molecular weight excluding hydrogens is 348 g/mol. The molecule has 6 heteroatoms. The van der Waals surface area contributed by atoms with E-state index in [9.17, 15) is 22.4 Å². The Morgan fingerprint density at radius 3 is 2.15 bits per heavy atom. The Kier molecular flexibility index (Phi) is 9.66. The second-order valence-corrected chi connectivity index (χ2v) is 6.54. The second kappa shape index (κ2) is 11.2. The summed E-state index contributed by atoms with van der Waals surface area (Å²) in [6.07, 6.45) is 2.98. The molecule has 0 amide bonds. The van der Waals surface area contributed by atoms with Gasteiger partial charge < -0.3 is 4.74 Å². The number of esters is 1. The smallest absolute Gasteiger partial charge is 0.419 e. The lowest BCUT2D eigenvalue weighted by molar-refractivity contribution is -0.140. The monoisotopic (exact) mass is 376 g/mol. The number of ether oxygens (including phenoxy) is 1. The summed E-state index contributed by atoms with van der Waals surface area (Å²) in [7, 11) is 0. The molecule has 0 aliphatic rings. The fourth-order valence-corrected chi connectivity index (χ4v) is 2.81. The van der Waals surface area contributed by atoms with Crippen molar-refractivity contribution in [3.05, 3.63) is 35.1 Å². The Morgan fingerprint density at radius 2 is 1.58 bits per heavy atom. The molecule has 0 spiro atoms. The molecule has 1 aromatic rings. The maximum Gasteiger partial charge on any atom is 0.419 e.